The van der Waals surface area contributed by atoms with E-state index in [-0.39, 0.29) is 17.5 Å². The van der Waals surface area contributed by atoms with Gasteiger partial charge in [-0.1, -0.05) is 12.8 Å². The second kappa shape index (κ2) is 9.57. The number of nitrogens with zero attached hydrogens (tertiary/aromatic N) is 5. The van der Waals surface area contributed by atoms with Gasteiger partial charge in [-0.25, -0.2) is 9.97 Å². The van der Waals surface area contributed by atoms with Crippen LogP contribution >= 0.6 is 0 Å². The number of rotatable bonds is 6. The maximum Gasteiger partial charge on any atom is 0.254 e. The maximum atomic E-state index is 13.1. The Hall–Kier alpha value is -2.48. The summed E-state index contributed by atoms with van der Waals surface area (Å²) in [5.74, 6) is 0.840. The number of likely N-dealkylation sites (tertiary alicyclic amines) is 1. The Morgan fingerprint density at radius 3 is 2.78 bits per heavy atom. The molecule has 1 saturated heterocycles. The van der Waals surface area contributed by atoms with Crippen LogP contribution in [0.4, 0.5) is 0 Å². The fourth-order valence-electron chi connectivity index (χ4n) is 5.71. The van der Waals surface area contributed by atoms with Crippen molar-refractivity contribution in [3.63, 3.8) is 0 Å². The van der Waals surface area contributed by atoms with Crippen LogP contribution in [0.5, 0.6) is 0 Å². The Kier molecular flexibility index (Phi) is 6.39. The van der Waals surface area contributed by atoms with Crippen molar-refractivity contribution in [2.45, 2.75) is 89.4 Å². The van der Waals surface area contributed by atoms with Gasteiger partial charge in [-0.3, -0.25) is 14.5 Å². The van der Waals surface area contributed by atoms with Crippen LogP contribution in [-0.4, -0.2) is 54.4 Å². The van der Waals surface area contributed by atoms with E-state index in [2.05, 4.69) is 14.9 Å². The van der Waals surface area contributed by atoms with Gasteiger partial charge in [0.25, 0.3) is 5.56 Å². The molecule has 2 aromatic rings. The van der Waals surface area contributed by atoms with E-state index >= 15 is 0 Å². The standard InChI is InChI=1S/C24H34N6O2/c31-22(9-5-12-28-15-11-25-17-28)30-13-4-3-8-21(30)23-26-20-16-29(18-6-1-2-7-18)14-10-19(20)24(32)27-23/h11,15,17-18,21H,1-10,12-14,16H2,(H,26,27,32)/t21-/m0/s1. The number of aryl methyl sites for hydroxylation is 1. The summed E-state index contributed by atoms with van der Waals surface area (Å²) in [6, 6.07) is 0.514. The van der Waals surface area contributed by atoms with E-state index in [1.807, 2.05) is 15.7 Å². The molecule has 8 nitrogen and oxygen atoms in total. The van der Waals surface area contributed by atoms with Crippen molar-refractivity contribution < 1.29 is 4.79 Å². The fraction of sp³-hybridized carbons (Fsp3) is 0.667. The van der Waals surface area contributed by atoms with Gasteiger partial charge in [0.05, 0.1) is 18.1 Å². The smallest absolute Gasteiger partial charge is 0.254 e. The average Bonchev–Trinajstić information content (AvgIpc) is 3.53. The molecule has 2 aliphatic heterocycles. The van der Waals surface area contributed by atoms with Crippen LogP contribution in [0.3, 0.4) is 0 Å². The predicted molar refractivity (Wildman–Crippen MR) is 121 cm³/mol. The minimum atomic E-state index is -0.121. The highest BCUT2D eigenvalue weighted by Crippen LogP contribution is 2.31. The summed E-state index contributed by atoms with van der Waals surface area (Å²) >= 11 is 0. The van der Waals surface area contributed by atoms with Crippen LogP contribution in [0.2, 0.25) is 0 Å². The number of aromatic nitrogens is 4. The van der Waals surface area contributed by atoms with E-state index in [0.717, 1.165) is 69.5 Å². The molecule has 32 heavy (non-hydrogen) atoms. The molecule has 172 valence electrons. The van der Waals surface area contributed by atoms with Crippen molar-refractivity contribution in [1.82, 2.24) is 29.3 Å². The zero-order chi connectivity index (χ0) is 21.9. The number of carbonyl (C=O) groups is 1. The molecule has 0 spiro atoms. The summed E-state index contributed by atoms with van der Waals surface area (Å²) in [6.45, 7) is 3.24. The molecule has 1 aliphatic carbocycles. The molecule has 2 fully saturated rings. The number of amides is 1. The fourth-order valence-corrected chi connectivity index (χ4v) is 5.71. The highest BCUT2D eigenvalue weighted by atomic mass is 16.2. The van der Waals surface area contributed by atoms with Gasteiger partial charge >= 0.3 is 0 Å². The summed E-state index contributed by atoms with van der Waals surface area (Å²) in [6.07, 6.45) is 15.6. The summed E-state index contributed by atoms with van der Waals surface area (Å²) in [5, 5.41) is 0. The second-order valence-corrected chi connectivity index (χ2v) is 9.54. The van der Waals surface area contributed by atoms with Gasteiger partial charge in [0.15, 0.2) is 0 Å². The molecule has 1 amide bonds. The average molecular weight is 439 g/mol. The van der Waals surface area contributed by atoms with Crippen LogP contribution < -0.4 is 5.56 Å². The zero-order valence-electron chi connectivity index (χ0n) is 18.8. The first-order chi connectivity index (χ1) is 15.7. The molecule has 5 rings (SSSR count). The summed E-state index contributed by atoms with van der Waals surface area (Å²) in [4.78, 5) is 42.6. The summed E-state index contributed by atoms with van der Waals surface area (Å²) in [7, 11) is 0. The molecule has 0 unspecified atom stereocenters. The highest BCUT2D eigenvalue weighted by molar-refractivity contribution is 5.76. The number of carbonyl (C=O) groups excluding carboxylic acids is 1. The minimum Gasteiger partial charge on any atom is -0.337 e. The van der Waals surface area contributed by atoms with Gasteiger partial charge in [0.2, 0.25) is 5.91 Å². The van der Waals surface area contributed by atoms with E-state index < -0.39 is 0 Å². The lowest BCUT2D eigenvalue weighted by atomic mass is 9.99. The van der Waals surface area contributed by atoms with E-state index in [4.69, 9.17) is 4.98 Å². The third kappa shape index (κ3) is 4.51. The van der Waals surface area contributed by atoms with Crippen molar-refractivity contribution in [2.24, 2.45) is 0 Å². The van der Waals surface area contributed by atoms with Gasteiger partial charge in [-0.2, -0.15) is 0 Å². The van der Waals surface area contributed by atoms with Crippen LogP contribution in [0, 0.1) is 0 Å². The minimum absolute atomic E-state index is 0.00541. The Morgan fingerprint density at radius 2 is 1.97 bits per heavy atom. The van der Waals surface area contributed by atoms with E-state index in [9.17, 15) is 9.59 Å². The van der Waals surface area contributed by atoms with Crippen molar-refractivity contribution >= 4 is 5.91 Å². The monoisotopic (exact) mass is 438 g/mol. The molecule has 1 saturated carbocycles. The first-order valence-corrected chi connectivity index (χ1v) is 12.3. The van der Waals surface area contributed by atoms with Gasteiger partial charge in [0.1, 0.15) is 5.82 Å². The van der Waals surface area contributed by atoms with Crippen LogP contribution in [0.1, 0.15) is 80.9 Å². The molecule has 2 aromatic heterocycles. The molecule has 3 aliphatic rings. The molecule has 0 bridgehead atoms. The zero-order valence-corrected chi connectivity index (χ0v) is 18.8. The van der Waals surface area contributed by atoms with Gasteiger partial charge in [0, 0.05) is 56.6 Å². The lowest BCUT2D eigenvalue weighted by Gasteiger charge is -2.36. The lowest BCUT2D eigenvalue weighted by Crippen LogP contribution is -2.43. The number of aromatic amines is 1. The predicted octanol–water partition coefficient (Wildman–Crippen LogP) is 2.80. The number of fused-ring (bicyclic) bond motifs is 1. The molecule has 1 atom stereocenters. The molecule has 1 N–H and O–H groups in total. The van der Waals surface area contributed by atoms with Crippen LogP contribution in [0.15, 0.2) is 23.5 Å². The SMILES string of the molecule is O=C(CCCn1ccnc1)N1CCCC[C@H]1c1nc2c(c(=O)[nH]1)CCN(C1CCCC1)C2. The van der Waals surface area contributed by atoms with E-state index in [0.29, 0.717) is 18.3 Å². The van der Waals surface area contributed by atoms with Crippen molar-refractivity contribution in [3.05, 3.63) is 46.2 Å². The Balaban J connectivity index is 1.30. The molecular formula is C24H34N6O2. The third-order valence-electron chi connectivity index (χ3n) is 7.47. The normalized spacial score (nSPS) is 22.2. The van der Waals surface area contributed by atoms with Gasteiger partial charge in [-0.05, 0) is 44.9 Å². The number of hydrogen-bond acceptors (Lipinski definition) is 5. The Bertz CT molecular complexity index is 979. The first kappa shape index (κ1) is 21.4. The number of H-pyrrole nitrogens is 1. The maximum absolute atomic E-state index is 13.1. The first-order valence-electron chi connectivity index (χ1n) is 12.3. The van der Waals surface area contributed by atoms with Crippen LogP contribution in [0.25, 0.3) is 0 Å². The van der Waals surface area contributed by atoms with Crippen molar-refractivity contribution in [1.29, 1.82) is 0 Å². The number of nitrogens with one attached hydrogen (secondary N) is 1. The molecule has 0 aromatic carbocycles. The second-order valence-electron chi connectivity index (χ2n) is 9.54. The summed E-state index contributed by atoms with van der Waals surface area (Å²) in [5.41, 5.74) is 1.77. The van der Waals surface area contributed by atoms with Crippen LogP contribution in [-0.2, 0) is 24.3 Å². The highest BCUT2D eigenvalue weighted by Gasteiger charge is 2.32. The molecule has 8 heteroatoms. The topological polar surface area (TPSA) is 87.1 Å². The van der Waals surface area contributed by atoms with E-state index in [1.54, 1.807) is 12.5 Å². The number of hydrogen-bond donors (Lipinski definition) is 1. The van der Waals surface area contributed by atoms with Gasteiger partial charge < -0.3 is 14.5 Å². The Labute approximate surface area is 189 Å². The Morgan fingerprint density at radius 1 is 1.12 bits per heavy atom. The van der Waals surface area contributed by atoms with E-state index in [1.165, 1.54) is 25.7 Å². The summed E-state index contributed by atoms with van der Waals surface area (Å²) < 4.78 is 2.00. The lowest BCUT2D eigenvalue weighted by molar-refractivity contribution is -0.135. The quantitative estimate of drug-likeness (QED) is 0.749. The molecular weight excluding hydrogens is 404 g/mol. The largest absolute Gasteiger partial charge is 0.337 e. The molecule has 4 heterocycles. The number of piperidine rings is 1. The van der Waals surface area contributed by atoms with Crippen molar-refractivity contribution in [2.75, 3.05) is 13.1 Å². The van der Waals surface area contributed by atoms with Crippen molar-refractivity contribution in [3.8, 4) is 0 Å². The number of imidazole rings is 1. The third-order valence-corrected chi connectivity index (χ3v) is 7.47. The molecule has 0 radical (unpaired) electrons. The van der Waals surface area contributed by atoms with Gasteiger partial charge in [-0.15, -0.1) is 0 Å².